The molecule has 1 aromatic rings. The third kappa shape index (κ3) is 3.45. The first kappa shape index (κ1) is 10.7. The molecule has 13 heavy (non-hydrogen) atoms. The molecule has 0 atom stereocenters. The van der Waals surface area contributed by atoms with Crippen molar-refractivity contribution in [3.63, 3.8) is 0 Å². The van der Waals surface area contributed by atoms with Crippen molar-refractivity contribution in [2.24, 2.45) is 0 Å². The van der Waals surface area contributed by atoms with Crippen LogP contribution >= 0.6 is 27.5 Å². The third-order valence-electron chi connectivity index (χ3n) is 1.02. The minimum absolute atomic E-state index is 0.142. The lowest BCUT2D eigenvalue weighted by molar-refractivity contribution is 0.605. The Morgan fingerprint density at radius 2 is 2.15 bits per heavy atom. The van der Waals surface area contributed by atoms with Crippen molar-refractivity contribution < 1.29 is 8.42 Å². The zero-order chi connectivity index (χ0) is 9.90. The van der Waals surface area contributed by atoms with Crippen LogP contribution in [0.25, 0.3) is 0 Å². The lowest BCUT2D eigenvalue weighted by Gasteiger charge is -2.02. The number of halogens is 2. The molecule has 1 N–H and O–H groups in total. The first-order valence-corrected chi connectivity index (χ1v) is 6.05. The molecule has 0 fully saturated rings. The Morgan fingerprint density at radius 1 is 1.46 bits per heavy atom. The molecular weight excluding hydrogens is 281 g/mol. The molecule has 1 heterocycles. The van der Waals surface area contributed by atoms with Crippen molar-refractivity contribution in [1.29, 1.82) is 0 Å². The van der Waals surface area contributed by atoms with Crippen molar-refractivity contribution in [2.75, 3.05) is 9.93 Å². The summed E-state index contributed by atoms with van der Waals surface area (Å²) in [7, 11) is -3.49. The smallest absolute Gasteiger partial charge is 0.247 e. The zero-order valence-electron chi connectivity index (χ0n) is 6.24. The molecule has 8 heteroatoms. The standard InChI is InChI=1S/C5H5BrClN3O2S/c6-4-1-9-5(2-8-4)10-13(11,12)3-7/h1-2H,3H2,(H,9,10). The number of hydrogen-bond acceptors (Lipinski definition) is 4. The fourth-order valence-corrected chi connectivity index (χ4v) is 1.40. The number of nitrogens with zero attached hydrogens (tertiary/aromatic N) is 2. The van der Waals surface area contributed by atoms with E-state index in [4.69, 9.17) is 11.6 Å². The van der Waals surface area contributed by atoms with Gasteiger partial charge in [0.2, 0.25) is 10.0 Å². The highest BCUT2D eigenvalue weighted by Crippen LogP contribution is 2.08. The summed E-state index contributed by atoms with van der Waals surface area (Å²) in [6.07, 6.45) is 2.67. The normalized spacial score (nSPS) is 11.2. The molecular formula is C5H5BrClN3O2S. The first-order chi connectivity index (χ1) is 6.03. The highest BCUT2D eigenvalue weighted by molar-refractivity contribution is 9.10. The maximum absolute atomic E-state index is 10.9. The molecule has 0 aliphatic heterocycles. The van der Waals surface area contributed by atoms with Crippen LogP contribution in [0.4, 0.5) is 5.82 Å². The molecule has 0 aromatic carbocycles. The van der Waals surface area contributed by atoms with E-state index in [9.17, 15) is 8.42 Å². The van der Waals surface area contributed by atoms with Crippen molar-refractivity contribution in [1.82, 2.24) is 9.97 Å². The van der Waals surface area contributed by atoms with Crippen molar-refractivity contribution >= 4 is 43.4 Å². The van der Waals surface area contributed by atoms with Gasteiger partial charge < -0.3 is 0 Å². The Kier molecular flexibility index (Phi) is 3.46. The van der Waals surface area contributed by atoms with Crippen molar-refractivity contribution in [3.05, 3.63) is 17.0 Å². The van der Waals surface area contributed by atoms with Crippen molar-refractivity contribution in [2.45, 2.75) is 0 Å². The summed E-state index contributed by atoms with van der Waals surface area (Å²) in [4.78, 5) is 7.53. The maximum atomic E-state index is 10.9. The summed E-state index contributed by atoms with van der Waals surface area (Å²) < 4.78 is 24.5. The van der Waals surface area contributed by atoms with Crippen LogP contribution in [-0.4, -0.2) is 23.6 Å². The van der Waals surface area contributed by atoms with Gasteiger partial charge in [0.15, 0.2) is 5.82 Å². The minimum Gasteiger partial charge on any atom is -0.265 e. The molecule has 0 amide bonds. The van der Waals surface area contributed by atoms with E-state index in [2.05, 4.69) is 30.6 Å². The summed E-state index contributed by atoms with van der Waals surface area (Å²) in [6, 6.07) is 0. The minimum atomic E-state index is -3.49. The van der Waals surface area contributed by atoms with E-state index in [0.717, 1.165) is 0 Å². The van der Waals surface area contributed by atoms with Gasteiger partial charge in [0, 0.05) is 0 Å². The highest BCUT2D eigenvalue weighted by Gasteiger charge is 2.08. The summed E-state index contributed by atoms with van der Waals surface area (Å²) in [5.41, 5.74) is 0. The van der Waals surface area contributed by atoms with Gasteiger partial charge in [-0.1, -0.05) is 0 Å². The topological polar surface area (TPSA) is 72.0 Å². The second-order valence-corrected chi connectivity index (χ2v) is 5.17. The number of hydrogen-bond donors (Lipinski definition) is 1. The van der Waals surface area contributed by atoms with Gasteiger partial charge >= 0.3 is 0 Å². The van der Waals surface area contributed by atoms with Crippen molar-refractivity contribution in [3.8, 4) is 0 Å². The molecule has 0 unspecified atom stereocenters. The van der Waals surface area contributed by atoms with Gasteiger partial charge in [0.1, 0.15) is 9.82 Å². The largest absolute Gasteiger partial charge is 0.265 e. The summed E-state index contributed by atoms with van der Waals surface area (Å²) in [5.74, 6) is 0.142. The number of sulfonamides is 1. The summed E-state index contributed by atoms with van der Waals surface area (Å²) in [6.45, 7) is 0. The van der Waals surface area contributed by atoms with Gasteiger partial charge in [0.05, 0.1) is 12.4 Å². The summed E-state index contributed by atoms with van der Waals surface area (Å²) >= 11 is 8.23. The predicted octanol–water partition coefficient (Wildman–Crippen LogP) is 1.18. The molecule has 0 bridgehead atoms. The predicted molar refractivity (Wildman–Crippen MR) is 53.0 cm³/mol. The van der Waals surface area contributed by atoms with E-state index in [1.165, 1.54) is 12.4 Å². The number of alkyl halides is 1. The van der Waals surface area contributed by atoms with Gasteiger partial charge in [-0.15, -0.1) is 11.6 Å². The molecule has 1 rings (SSSR count). The van der Waals surface area contributed by atoms with Gasteiger partial charge in [-0.05, 0) is 15.9 Å². The van der Waals surface area contributed by atoms with E-state index in [0.29, 0.717) is 4.60 Å². The van der Waals surface area contributed by atoms with Gasteiger partial charge in [-0.25, -0.2) is 18.4 Å². The fraction of sp³-hybridized carbons (Fsp3) is 0.200. The Hall–Kier alpha value is -0.400. The Morgan fingerprint density at radius 3 is 2.62 bits per heavy atom. The molecule has 0 radical (unpaired) electrons. The van der Waals surface area contributed by atoms with Crippen LogP contribution in [0.5, 0.6) is 0 Å². The fourth-order valence-electron chi connectivity index (χ4n) is 0.552. The number of anilines is 1. The number of rotatable bonds is 3. The Balaban J connectivity index is 2.82. The number of nitrogens with one attached hydrogen (secondary N) is 1. The molecule has 5 nitrogen and oxygen atoms in total. The van der Waals surface area contributed by atoms with Gasteiger partial charge in [0.25, 0.3) is 0 Å². The van der Waals surface area contributed by atoms with Gasteiger partial charge in [-0.3, -0.25) is 4.72 Å². The van der Waals surface area contributed by atoms with Crippen LogP contribution in [-0.2, 0) is 10.0 Å². The second-order valence-electron chi connectivity index (χ2n) is 2.05. The van der Waals surface area contributed by atoms with E-state index >= 15 is 0 Å². The Bertz CT molecular complexity index is 379. The van der Waals surface area contributed by atoms with E-state index < -0.39 is 15.2 Å². The average Bonchev–Trinajstić information content (AvgIpc) is 2.09. The van der Waals surface area contributed by atoms with E-state index in [1.807, 2.05) is 0 Å². The SMILES string of the molecule is O=S(=O)(CCl)Nc1cnc(Br)cn1. The van der Waals surface area contributed by atoms with Crippen LogP contribution in [0.2, 0.25) is 0 Å². The molecule has 0 spiro atoms. The van der Waals surface area contributed by atoms with Crippen LogP contribution in [0.1, 0.15) is 0 Å². The highest BCUT2D eigenvalue weighted by atomic mass is 79.9. The summed E-state index contributed by atoms with van der Waals surface area (Å²) in [5, 5.41) is -0.509. The lowest BCUT2D eigenvalue weighted by atomic mass is 10.7. The monoisotopic (exact) mass is 285 g/mol. The van der Waals surface area contributed by atoms with Gasteiger partial charge in [-0.2, -0.15) is 0 Å². The average molecular weight is 287 g/mol. The Labute approximate surface area is 88.7 Å². The molecule has 1 aromatic heterocycles. The van der Waals surface area contributed by atoms with Crippen LogP contribution in [0, 0.1) is 0 Å². The zero-order valence-corrected chi connectivity index (χ0v) is 9.40. The van der Waals surface area contributed by atoms with Crippen LogP contribution in [0.3, 0.4) is 0 Å². The van der Waals surface area contributed by atoms with E-state index in [-0.39, 0.29) is 5.82 Å². The first-order valence-electron chi connectivity index (χ1n) is 3.07. The molecule has 0 saturated carbocycles. The number of aromatic nitrogens is 2. The van der Waals surface area contributed by atoms with E-state index in [1.54, 1.807) is 0 Å². The lowest BCUT2D eigenvalue weighted by Crippen LogP contribution is -2.14. The molecule has 0 saturated heterocycles. The molecule has 72 valence electrons. The molecule has 0 aliphatic rings. The third-order valence-corrected chi connectivity index (χ3v) is 3.10. The second kappa shape index (κ2) is 4.21. The van der Waals surface area contributed by atoms with Crippen LogP contribution < -0.4 is 4.72 Å². The van der Waals surface area contributed by atoms with Crippen LogP contribution in [0.15, 0.2) is 17.0 Å². The quantitative estimate of drug-likeness (QED) is 0.847. The molecule has 0 aliphatic carbocycles. The maximum Gasteiger partial charge on any atom is 0.247 e.